The summed E-state index contributed by atoms with van der Waals surface area (Å²) in [4.78, 5) is 14.2. The number of hydrogen-bond acceptors (Lipinski definition) is 2. The zero-order valence-corrected chi connectivity index (χ0v) is 11.8. The predicted molar refractivity (Wildman–Crippen MR) is 79.3 cm³/mol. The second-order valence-electron chi connectivity index (χ2n) is 5.25. The van der Waals surface area contributed by atoms with E-state index in [0.29, 0.717) is 12.6 Å². The molecule has 2 rings (SSSR count). The van der Waals surface area contributed by atoms with Gasteiger partial charge in [-0.05, 0) is 31.9 Å². The van der Waals surface area contributed by atoms with E-state index in [1.807, 2.05) is 18.2 Å². The molecule has 0 saturated heterocycles. The number of para-hydroxylation sites is 1. The number of hydrogen-bond donors (Lipinski definition) is 1. The lowest BCUT2D eigenvalue weighted by molar-refractivity contribution is -0.120. The Kier molecular flexibility index (Phi) is 5.25. The van der Waals surface area contributed by atoms with Crippen molar-refractivity contribution < 1.29 is 4.79 Å². The minimum atomic E-state index is 0.151. The number of anilines is 1. The van der Waals surface area contributed by atoms with Gasteiger partial charge in [-0.2, -0.15) is 0 Å². The fourth-order valence-corrected chi connectivity index (χ4v) is 2.72. The minimum Gasteiger partial charge on any atom is -0.363 e. The maximum Gasteiger partial charge on any atom is 0.239 e. The second kappa shape index (κ2) is 7.17. The molecule has 3 heteroatoms. The van der Waals surface area contributed by atoms with E-state index in [1.54, 1.807) is 0 Å². The number of rotatable bonds is 5. The van der Waals surface area contributed by atoms with Gasteiger partial charge in [0.05, 0.1) is 6.54 Å². The lowest BCUT2D eigenvalue weighted by atomic mass is 9.95. The molecule has 19 heavy (non-hydrogen) atoms. The number of amides is 1. The molecular formula is C16H24N2O. The van der Waals surface area contributed by atoms with Gasteiger partial charge in [0.2, 0.25) is 5.91 Å². The van der Waals surface area contributed by atoms with Crippen LogP contribution in [0, 0.1) is 0 Å². The van der Waals surface area contributed by atoms with Crippen molar-refractivity contribution in [2.24, 2.45) is 0 Å². The summed E-state index contributed by atoms with van der Waals surface area (Å²) in [6.07, 6.45) is 6.10. The van der Waals surface area contributed by atoms with Gasteiger partial charge in [-0.3, -0.25) is 4.79 Å². The first kappa shape index (κ1) is 13.9. The molecule has 0 bridgehead atoms. The topological polar surface area (TPSA) is 32.3 Å². The van der Waals surface area contributed by atoms with Crippen LogP contribution in [0.15, 0.2) is 30.3 Å². The molecule has 0 radical (unpaired) electrons. The molecule has 1 aromatic carbocycles. The first-order valence-corrected chi connectivity index (χ1v) is 7.39. The number of benzene rings is 1. The molecule has 1 aliphatic rings. The van der Waals surface area contributed by atoms with E-state index in [1.165, 1.54) is 19.3 Å². The molecule has 0 heterocycles. The standard InChI is InChI=1S/C16H24N2O/c1-2-18(15-11-7-4-8-12-15)13-16(19)17-14-9-5-3-6-10-14/h4,7-8,11-12,14H,2-3,5-6,9-10,13H2,1H3,(H,17,19). The van der Waals surface area contributed by atoms with Gasteiger partial charge in [-0.1, -0.05) is 37.5 Å². The van der Waals surface area contributed by atoms with E-state index in [0.717, 1.165) is 25.1 Å². The van der Waals surface area contributed by atoms with Gasteiger partial charge in [-0.25, -0.2) is 0 Å². The van der Waals surface area contributed by atoms with Crippen LogP contribution >= 0.6 is 0 Å². The Labute approximate surface area is 116 Å². The highest BCUT2D eigenvalue weighted by molar-refractivity contribution is 5.81. The van der Waals surface area contributed by atoms with Gasteiger partial charge in [0.25, 0.3) is 0 Å². The molecular weight excluding hydrogens is 236 g/mol. The van der Waals surface area contributed by atoms with E-state index in [9.17, 15) is 4.79 Å². The zero-order valence-electron chi connectivity index (χ0n) is 11.8. The third-order valence-corrected chi connectivity index (χ3v) is 3.81. The summed E-state index contributed by atoms with van der Waals surface area (Å²) in [5, 5.41) is 3.17. The molecule has 1 N–H and O–H groups in total. The molecule has 1 saturated carbocycles. The Morgan fingerprint density at radius 2 is 1.89 bits per heavy atom. The van der Waals surface area contributed by atoms with Gasteiger partial charge in [0.15, 0.2) is 0 Å². The van der Waals surface area contributed by atoms with Crippen LogP contribution in [0.2, 0.25) is 0 Å². The molecule has 3 nitrogen and oxygen atoms in total. The van der Waals surface area contributed by atoms with E-state index >= 15 is 0 Å². The third-order valence-electron chi connectivity index (χ3n) is 3.81. The van der Waals surface area contributed by atoms with Crippen LogP contribution in [0.4, 0.5) is 5.69 Å². The Bertz CT molecular complexity index is 385. The van der Waals surface area contributed by atoms with Crippen LogP contribution in [0.3, 0.4) is 0 Å². The molecule has 0 unspecified atom stereocenters. The van der Waals surface area contributed by atoms with Gasteiger partial charge in [0, 0.05) is 18.3 Å². The zero-order chi connectivity index (χ0) is 13.5. The molecule has 0 aliphatic heterocycles. The highest BCUT2D eigenvalue weighted by Crippen LogP contribution is 2.17. The fourth-order valence-electron chi connectivity index (χ4n) is 2.72. The predicted octanol–water partition coefficient (Wildman–Crippen LogP) is 2.96. The Morgan fingerprint density at radius 3 is 2.53 bits per heavy atom. The summed E-state index contributed by atoms with van der Waals surface area (Å²) in [5.41, 5.74) is 1.11. The van der Waals surface area contributed by atoms with Gasteiger partial charge in [0.1, 0.15) is 0 Å². The average Bonchev–Trinajstić information content (AvgIpc) is 2.47. The lowest BCUT2D eigenvalue weighted by Crippen LogP contribution is -2.42. The lowest BCUT2D eigenvalue weighted by Gasteiger charge is -2.26. The second-order valence-corrected chi connectivity index (χ2v) is 5.25. The van der Waals surface area contributed by atoms with Crippen molar-refractivity contribution in [2.45, 2.75) is 45.1 Å². The first-order chi connectivity index (χ1) is 9.29. The van der Waals surface area contributed by atoms with E-state index in [2.05, 4.69) is 29.3 Å². The van der Waals surface area contributed by atoms with Crippen molar-refractivity contribution in [3.05, 3.63) is 30.3 Å². The summed E-state index contributed by atoms with van der Waals surface area (Å²) in [7, 11) is 0. The molecule has 1 amide bonds. The molecule has 0 aromatic heterocycles. The Balaban J connectivity index is 1.85. The highest BCUT2D eigenvalue weighted by Gasteiger charge is 2.17. The number of carbonyl (C=O) groups is 1. The maximum atomic E-state index is 12.1. The summed E-state index contributed by atoms with van der Waals surface area (Å²) >= 11 is 0. The SMILES string of the molecule is CCN(CC(=O)NC1CCCCC1)c1ccccc1. The molecule has 0 spiro atoms. The number of nitrogens with one attached hydrogen (secondary N) is 1. The van der Waals surface area contributed by atoms with Crippen LogP contribution < -0.4 is 10.2 Å². The van der Waals surface area contributed by atoms with Crippen LogP contribution in [0.25, 0.3) is 0 Å². The Hall–Kier alpha value is -1.51. The maximum absolute atomic E-state index is 12.1. The van der Waals surface area contributed by atoms with Gasteiger partial charge < -0.3 is 10.2 Å². The molecule has 104 valence electrons. The highest BCUT2D eigenvalue weighted by atomic mass is 16.2. The fraction of sp³-hybridized carbons (Fsp3) is 0.562. The van der Waals surface area contributed by atoms with Crippen LogP contribution in [-0.4, -0.2) is 25.0 Å². The molecule has 1 aromatic rings. The average molecular weight is 260 g/mol. The van der Waals surface area contributed by atoms with E-state index in [4.69, 9.17) is 0 Å². The third kappa shape index (κ3) is 4.27. The van der Waals surface area contributed by atoms with E-state index in [-0.39, 0.29) is 5.91 Å². The van der Waals surface area contributed by atoms with Crippen LogP contribution in [-0.2, 0) is 4.79 Å². The number of nitrogens with zero attached hydrogens (tertiary/aromatic N) is 1. The Morgan fingerprint density at radius 1 is 1.21 bits per heavy atom. The van der Waals surface area contributed by atoms with Crippen molar-refractivity contribution in [3.8, 4) is 0 Å². The first-order valence-electron chi connectivity index (χ1n) is 7.39. The van der Waals surface area contributed by atoms with E-state index < -0.39 is 0 Å². The van der Waals surface area contributed by atoms with Crippen molar-refractivity contribution in [2.75, 3.05) is 18.0 Å². The van der Waals surface area contributed by atoms with Crippen LogP contribution in [0.5, 0.6) is 0 Å². The molecule has 0 atom stereocenters. The number of likely N-dealkylation sites (N-methyl/N-ethyl adjacent to an activating group) is 1. The van der Waals surface area contributed by atoms with Crippen molar-refractivity contribution in [1.82, 2.24) is 5.32 Å². The van der Waals surface area contributed by atoms with Crippen molar-refractivity contribution in [3.63, 3.8) is 0 Å². The van der Waals surface area contributed by atoms with Gasteiger partial charge >= 0.3 is 0 Å². The normalized spacial score (nSPS) is 16.1. The summed E-state index contributed by atoms with van der Waals surface area (Å²) in [6, 6.07) is 10.5. The molecule has 1 fully saturated rings. The molecule has 1 aliphatic carbocycles. The number of carbonyl (C=O) groups excluding carboxylic acids is 1. The quantitative estimate of drug-likeness (QED) is 0.882. The monoisotopic (exact) mass is 260 g/mol. The summed E-state index contributed by atoms with van der Waals surface area (Å²) in [5.74, 6) is 0.151. The van der Waals surface area contributed by atoms with Crippen molar-refractivity contribution >= 4 is 11.6 Å². The summed E-state index contributed by atoms with van der Waals surface area (Å²) in [6.45, 7) is 3.39. The largest absolute Gasteiger partial charge is 0.363 e. The smallest absolute Gasteiger partial charge is 0.239 e. The van der Waals surface area contributed by atoms with Crippen LogP contribution in [0.1, 0.15) is 39.0 Å². The summed E-state index contributed by atoms with van der Waals surface area (Å²) < 4.78 is 0. The van der Waals surface area contributed by atoms with Gasteiger partial charge in [-0.15, -0.1) is 0 Å². The minimum absolute atomic E-state index is 0.151. The van der Waals surface area contributed by atoms with Crippen molar-refractivity contribution in [1.29, 1.82) is 0 Å².